The van der Waals surface area contributed by atoms with Crippen LogP contribution in [0.4, 0.5) is 4.79 Å². The Labute approximate surface area is 145 Å². The average molecular weight is 385 g/mol. The Hall–Kier alpha value is -1.21. The number of hydrogen-bond acceptors (Lipinski definition) is 4. The number of benzene rings is 1. The van der Waals surface area contributed by atoms with Gasteiger partial charge >= 0.3 is 6.09 Å². The van der Waals surface area contributed by atoms with E-state index in [4.69, 9.17) is 56.0 Å². The highest BCUT2D eigenvalue weighted by molar-refractivity contribution is 6.66. The van der Waals surface area contributed by atoms with Gasteiger partial charge in [-0.05, 0) is 17.7 Å². The first kappa shape index (κ1) is 17.1. The Morgan fingerprint density at radius 1 is 1.32 bits per heavy atom. The van der Waals surface area contributed by atoms with Gasteiger partial charge in [0.1, 0.15) is 0 Å². The van der Waals surface area contributed by atoms with Crippen LogP contribution < -0.4 is 5.32 Å². The molecule has 2 N–H and O–H groups in total. The van der Waals surface area contributed by atoms with Crippen LogP contribution in [0.25, 0.3) is 0 Å². The van der Waals surface area contributed by atoms with Crippen molar-refractivity contribution in [1.82, 2.24) is 15.5 Å². The molecule has 0 spiro atoms. The van der Waals surface area contributed by atoms with Gasteiger partial charge in [0.25, 0.3) is 9.68 Å². The van der Waals surface area contributed by atoms with Gasteiger partial charge in [-0.2, -0.15) is 4.98 Å². The van der Waals surface area contributed by atoms with Crippen LogP contribution in [0.5, 0.6) is 0 Å². The molecule has 22 heavy (non-hydrogen) atoms. The van der Waals surface area contributed by atoms with Crippen molar-refractivity contribution < 1.29 is 14.4 Å². The van der Waals surface area contributed by atoms with Crippen molar-refractivity contribution in [2.75, 3.05) is 0 Å². The van der Waals surface area contributed by atoms with Gasteiger partial charge in [0, 0.05) is 11.4 Å². The van der Waals surface area contributed by atoms with Crippen molar-refractivity contribution in [3.63, 3.8) is 0 Å². The van der Waals surface area contributed by atoms with Crippen LogP contribution in [0.2, 0.25) is 5.02 Å². The molecule has 0 aliphatic rings. The molecule has 10 heteroatoms. The van der Waals surface area contributed by atoms with Crippen molar-refractivity contribution >= 4 is 52.5 Å². The van der Waals surface area contributed by atoms with Crippen molar-refractivity contribution in [3.8, 4) is 0 Å². The minimum Gasteiger partial charge on any atom is -0.465 e. The second-order valence-corrected chi connectivity index (χ2v) is 7.01. The van der Waals surface area contributed by atoms with Crippen molar-refractivity contribution in [2.24, 2.45) is 0 Å². The summed E-state index contributed by atoms with van der Waals surface area (Å²) in [7, 11) is 0. The van der Waals surface area contributed by atoms with E-state index >= 15 is 0 Å². The average Bonchev–Trinajstić information content (AvgIpc) is 2.89. The lowest BCUT2D eigenvalue weighted by Gasteiger charge is -2.13. The molecule has 0 aliphatic heterocycles. The van der Waals surface area contributed by atoms with Crippen LogP contribution in [0.1, 0.15) is 23.3 Å². The number of aromatic nitrogens is 2. The topological polar surface area (TPSA) is 88.2 Å². The van der Waals surface area contributed by atoms with E-state index in [9.17, 15) is 4.79 Å². The molecule has 1 amide bonds. The van der Waals surface area contributed by atoms with Gasteiger partial charge in [-0.25, -0.2) is 4.79 Å². The van der Waals surface area contributed by atoms with Crippen molar-refractivity contribution in [2.45, 2.75) is 16.3 Å². The predicted molar refractivity (Wildman–Crippen MR) is 82.6 cm³/mol. The third kappa shape index (κ3) is 4.64. The second-order valence-electron chi connectivity index (χ2n) is 4.29. The normalized spacial score (nSPS) is 12.9. The molecule has 2 aromatic rings. The SMILES string of the molecule is O=C(O)N[C@@H](Cc1ccc(Cl)cc1)c1noc(C(Cl)(Cl)Cl)n1. The van der Waals surface area contributed by atoms with Gasteiger partial charge in [-0.15, -0.1) is 0 Å². The summed E-state index contributed by atoms with van der Waals surface area (Å²) in [5.74, 6) is -0.167. The molecule has 1 atom stereocenters. The van der Waals surface area contributed by atoms with E-state index in [2.05, 4.69) is 15.5 Å². The molecule has 1 aromatic heterocycles. The number of halogens is 4. The molecule has 0 fully saturated rings. The zero-order valence-corrected chi connectivity index (χ0v) is 13.8. The Morgan fingerprint density at radius 3 is 2.45 bits per heavy atom. The summed E-state index contributed by atoms with van der Waals surface area (Å²) in [6.07, 6.45) is -0.957. The number of carbonyl (C=O) groups is 1. The minimum atomic E-state index is -1.88. The van der Waals surface area contributed by atoms with E-state index in [0.717, 1.165) is 5.56 Å². The van der Waals surface area contributed by atoms with Crippen molar-refractivity contribution in [3.05, 3.63) is 46.6 Å². The third-order valence-corrected chi connectivity index (χ3v) is 3.38. The first-order valence-corrected chi connectivity index (χ1v) is 7.41. The van der Waals surface area contributed by atoms with Gasteiger partial charge in [-0.3, -0.25) is 0 Å². The first-order valence-electron chi connectivity index (χ1n) is 5.90. The fourth-order valence-electron chi connectivity index (χ4n) is 1.70. The van der Waals surface area contributed by atoms with Crippen LogP contribution in [0, 0.1) is 0 Å². The first-order chi connectivity index (χ1) is 10.3. The Morgan fingerprint density at radius 2 is 1.95 bits per heavy atom. The third-order valence-electron chi connectivity index (χ3n) is 2.65. The van der Waals surface area contributed by atoms with Gasteiger partial charge in [0.05, 0.1) is 6.04 Å². The van der Waals surface area contributed by atoms with Gasteiger partial charge in [0.2, 0.25) is 0 Å². The predicted octanol–water partition coefficient (Wildman–Crippen LogP) is 4.10. The summed E-state index contributed by atoms with van der Waals surface area (Å²) in [5, 5.41) is 15.5. The van der Waals surface area contributed by atoms with E-state index in [1.165, 1.54) is 0 Å². The zero-order chi connectivity index (χ0) is 16.3. The summed E-state index contributed by atoms with van der Waals surface area (Å²) in [5.41, 5.74) is 0.823. The van der Waals surface area contributed by atoms with Crippen LogP contribution >= 0.6 is 46.4 Å². The quantitative estimate of drug-likeness (QED) is 0.774. The highest BCUT2D eigenvalue weighted by Gasteiger charge is 2.32. The number of alkyl halides is 3. The maximum atomic E-state index is 10.9. The minimum absolute atomic E-state index is 0.0682. The number of nitrogens with zero attached hydrogens (tertiary/aromatic N) is 2. The fourth-order valence-corrected chi connectivity index (χ4v) is 2.06. The van der Waals surface area contributed by atoms with Gasteiger partial charge < -0.3 is 14.9 Å². The molecule has 118 valence electrons. The van der Waals surface area contributed by atoms with Gasteiger partial charge in [-0.1, -0.05) is 63.7 Å². The number of carboxylic acid groups (broad SMARTS) is 1. The smallest absolute Gasteiger partial charge is 0.405 e. The van der Waals surface area contributed by atoms with Crippen LogP contribution in [-0.2, 0) is 10.2 Å². The van der Waals surface area contributed by atoms with Crippen LogP contribution in [-0.4, -0.2) is 21.3 Å². The zero-order valence-electron chi connectivity index (χ0n) is 10.8. The lowest BCUT2D eigenvalue weighted by molar-refractivity contribution is 0.189. The van der Waals surface area contributed by atoms with Crippen LogP contribution in [0.3, 0.4) is 0 Å². The molecule has 0 saturated heterocycles. The highest BCUT2D eigenvalue weighted by atomic mass is 35.6. The Bertz CT molecular complexity index is 654. The second kappa shape index (κ2) is 6.91. The molecule has 0 unspecified atom stereocenters. The molecule has 1 aromatic carbocycles. The number of nitrogens with one attached hydrogen (secondary N) is 1. The number of amides is 1. The number of hydrogen-bond donors (Lipinski definition) is 2. The molecular weight excluding hydrogens is 376 g/mol. The highest BCUT2D eigenvalue weighted by Crippen LogP contribution is 2.37. The summed E-state index contributed by atoms with van der Waals surface area (Å²) >= 11 is 22.7. The fraction of sp³-hybridized carbons (Fsp3) is 0.250. The lowest BCUT2D eigenvalue weighted by Crippen LogP contribution is -2.29. The lowest BCUT2D eigenvalue weighted by atomic mass is 10.1. The molecule has 1 heterocycles. The van der Waals surface area contributed by atoms with Gasteiger partial charge in [0.15, 0.2) is 5.82 Å². The van der Waals surface area contributed by atoms with Crippen LogP contribution in [0.15, 0.2) is 28.8 Å². The van der Waals surface area contributed by atoms with E-state index in [1.54, 1.807) is 24.3 Å². The molecule has 6 nitrogen and oxygen atoms in total. The summed E-state index contributed by atoms with van der Waals surface area (Å²) in [4.78, 5) is 14.9. The summed E-state index contributed by atoms with van der Waals surface area (Å²) in [6.45, 7) is 0. The Balaban J connectivity index is 2.24. The largest absolute Gasteiger partial charge is 0.465 e. The van der Waals surface area contributed by atoms with E-state index in [0.29, 0.717) is 5.02 Å². The van der Waals surface area contributed by atoms with E-state index < -0.39 is 15.9 Å². The molecular formula is C12H9Cl4N3O3. The molecule has 0 saturated carbocycles. The Kier molecular flexibility index (Phi) is 5.39. The molecule has 0 bridgehead atoms. The molecule has 0 radical (unpaired) electrons. The van der Waals surface area contributed by atoms with Crippen molar-refractivity contribution in [1.29, 1.82) is 0 Å². The molecule has 2 rings (SSSR count). The summed E-state index contributed by atoms with van der Waals surface area (Å²) in [6, 6.07) is 6.14. The maximum absolute atomic E-state index is 10.9. The molecule has 0 aliphatic carbocycles. The maximum Gasteiger partial charge on any atom is 0.405 e. The van der Waals surface area contributed by atoms with E-state index in [-0.39, 0.29) is 18.1 Å². The standard InChI is InChI=1S/C12H9Cl4N3O3/c13-7-3-1-6(2-4-7)5-8(17-11(20)21)9-18-10(22-19-9)12(14,15)16/h1-4,8,17H,5H2,(H,20,21)/t8-/m0/s1. The summed E-state index contributed by atoms with van der Waals surface area (Å²) < 4.78 is 2.96. The monoisotopic (exact) mass is 383 g/mol. The number of rotatable bonds is 4. The van der Waals surface area contributed by atoms with E-state index in [1.807, 2.05) is 0 Å².